The predicted molar refractivity (Wildman–Crippen MR) is 132 cm³/mol. The number of fused-ring (bicyclic) bond motifs is 1. The highest BCUT2D eigenvalue weighted by molar-refractivity contribution is 7.60. The third-order valence-corrected chi connectivity index (χ3v) is 6.68. The third kappa shape index (κ3) is 3.79. The Labute approximate surface area is 186 Å². The lowest BCUT2D eigenvalue weighted by atomic mass is 9.87. The zero-order valence-electron chi connectivity index (χ0n) is 17.2. The Kier molecular flexibility index (Phi) is 5.24. The van der Waals surface area contributed by atoms with E-state index < -0.39 is 7.60 Å². The maximum absolute atomic E-state index is 12.6. The van der Waals surface area contributed by atoms with Crippen LogP contribution in [0.15, 0.2) is 115 Å². The second kappa shape index (κ2) is 8.22. The van der Waals surface area contributed by atoms with Crippen LogP contribution in [0, 0.1) is 0 Å². The van der Waals surface area contributed by atoms with Gasteiger partial charge in [0.1, 0.15) is 0 Å². The molecule has 0 aliphatic rings. The van der Waals surface area contributed by atoms with E-state index >= 15 is 0 Å². The van der Waals surface area contributed by atoms with E-state index in [4.69, 9.17) is 0 Å². The Morgan fingerprint density at radius 2 is 1.09 bits per heavy atom. The summed E-state index contributed by atoms with van der Waals surface area (Å²) in [6, 6.07) is 37.0. The first-order chi connectivity index (χ1) is 15.5. The van der Waals surface area contributed by atoms with Crippen molar-refractivity contribution in [2.75, 3.05) is 0 Å². The van der Waals surface area contributed by atoms with Crippen molar-refractivity contribution in [3.8, 4) is 33.4 Å². The summed E-state index contributed by atoms with van der Waals surface area (Å²) in [7, 11) is -4.54. The van der Waals surface area contributed by atoms with E-state index in [-0.39, 0.29) is 5.30 Å². The molecule has 0 saturated heterocycles. The van der Waals surface area contributed by atoms with Crippen molar-refractivity contribution in [2.24, 2.45) is 0 Å². The molecule has 0 spiro atoms. The predicted octanol–water partition coefficient (Wildman–Crippen LogP) is 6.64. The molecule has 0 saturated carbocycles. The zero-order valence-corrected chi connectivity index (χ0v) is 18.1. The standard InChI is InChI=1S/C28H21O3P/c29-32(30,31)26-18-17-25(21-10-3-1-4-11-21)27(22-12-5-2-6-13-22)28(26)24-16-15-20-9-7-8-14-23(20)19-24/h1-19H,(H2,29,30,31). The molecule has 0 atom stereocenters. The maximum Gasteiger partial charge on any atom is 0.356 e. The van der Waals surface area contributed by atoms with Crippen LogP contribution in [0.3, 0.4) is 0 Å². The van der Waals surface area contributed by atoms with Gasteiger partial charge in [0.15, 0.2) is 0 Å². The molecule has 2 N–H and O–H groups in total. The lowest BCUT2D eigenvalue weighted by Gasteiger charge is -2.21. The molecule has 0 aromatic heterocycles. The third-order valence-electron chi connectivity index (χ3n) is 5.68. The summed E-state index contributed by atoms with van der Waals surface area (Å²) in [5.74, 6) is 0. The van der Waals surface area contributed by atoms with Crippen LogP contribution < -0.4 is 5.30 Å². The van der Waals surface area contributed by atoms with Gasteiger partial charge in [-0.1, -0.05) is 103 Å². The van der Waals surface area contributed by atoms with Gasteiger partial charge in [0.2, 0.25) is 0 Å². The molecule has 5 aromatic carbocycles. The molecule has 0 unspecified atom stereocenters. The van der Waals surface area contributed by atoms with E-state index in [9.17, 15) is 14.4 Å². The Hall–Kier alpha value is -3.49. The minimum absolute atomic E-state index is 0.0336. The zero-order chi connectivity index (χ0) is 22.1. The van der Waals surface area contributed by atoms with Crippen LogP contribution in [-0.2, 0) is 4.57 Å². The van der Waals surface area contributed by atoms with Crippen molar-refractivity contribution < 1.29 is 14.4 Å². The molecular formula is C28H21O3P. The fraction of sp³-hybridized carbons (Fsp3) is 0. The van der Waals surface area contributed by atoms with E-state index in [2.05, 4.69) is 0 Å². The molecule has 0 aliphatic heterocycles. The number of hydrogen-bond donors (Lipinski definition) is 2. The van der Waals surface area contributed by atoms with Crippen LogP contribution in [0.5, 0.6) is 0 Å². The van der Waals surface area contributed by atoms with Crippen molar-refractivity contribution >= 4 is 23.7 Å². The quantitative estimate of drug-likeness (QED) is 0.310. The number of hydrogen-bond acceptors (Lipinski definition) is 1. The monoisotopic (exact) mass is 436 g/mol. The second-order valence-corrected chi connectivity index (χ2v) is 9.29. The summed E-state index contributed by atoms with van der Waals surface area (Å²) in [5, 5.41) is 2.13. The largest absolute Gasteiger partial charge is 0.356 e. The van der Waals surface area contributed by atoms with Gasteiger partial charge >= 0.3 is 7.60 Å². The fourth-order valence-electron chi connectivity index (χ4n) is 4.23. The molecule has 5 rings (SSSR count). The Morgan fingerprint density at radius 1 is 0.500 bits per heavy atom. The van der Waals surface area contributed by atoms with E-state index in [0.717, 1.165) is 38.6 Å². The smallest absolute Gasteiger partial charge is 0.321 e. The Morgan fingerprint density at radius 3 is 1.75 bits per heavy atom. The molecule has 4 heteroatoms. The van der Waals surface area contributed by atoms with Crippen molar-refractivity contribution in [3.05, 3.63) is 115 Å². The van der Waals surface area contributed by atoms with Gasteiger partial charge in [-0.3, -0.25) is 4.57 Å². The molecule has 0 aliphatic carbocycles. The van der Waals surface area contributed by atoms with Crippen LogP contribution in [0.25, 0.3) is 44.2 Å². The summed E-state index contributed by atoms with van der Waals surface area (Å²) >= 11 is 0. The van der Waals surface area contributed by atoms with Gasteiger partial charge in [-0.15, -0.1) is 0 Å². The van der Waals surface area contributed by atoms with Gasteiger partial charge in [0.05, 0.1) is 5.30 Å². The molecular weight excluding hydrogens is 415 g/mol. The minimum Gasteiger partial charge on any atom is -0.321 e. The first-order valence-electron chi connectivity index (χ1n) is 10.4. The van der Waals surface area contributed by atoms with E-state index in [1.54, 1.807) is 6.07 Å². The molecule has 5 aromatic rings. The molecule has 0 heterocycles. The average Bonchev–Trinajstić information content (AvgIpc) is 2.83. The highest BCUT2D eigenvalue weighted by Gasteiger charge is 2.27. The van der Waals surface area contributed by atoms with E-state index in [0.29, 0.717) is 5.56 Å². The van der Waals surface area contributed by atoms with Gasteiger partial charge in [-0.05, 0) is 50.7 Å². The maximum atomic E-state index is 12.6. The van der Waals surface area contributed by atoms with E-state index in [1.807, 2.05) is 109 Å². The second-order valence-electron chi connectivity index (χ2n) is 7.72. The minimum atomic E-state index is -4.54. The summed E-state index contributed by atoms with van der Waals surface area (Å²) in [6.45, 7) is 0. The molecule has 32 heavy (non-hydrogen) atoms. The molecule has 0 amide bonds. The van der Waals surface area contributed by atoms with Crippen LogP contribution in [0.2, 0.25) is 0 Å². The highest BCUT2D eigenvalue weighted by Crippen LogP contribution is 2.46. The van der Waals surface area contributed by atoms with E-state index in [1.165, 1.54) is 0 Å². The van der Waals surface area contributed by atoms with Crippen LogP contribution >= 0.6 is 7.60 Å². The number of benzene rings is 5. The molecule has 3 nitrogen and oxygen atoms in total. The number of rotatable bonds is 4. The van der Waals surface area contributed by atoms with Gasteiger partial charge < -0.3 is 9.79 Å². The molecule has 0 fully saturated rings. The SMILES string of the molecule is O=P(O)(O)c1ccc(-c2ccccc2)c(-c2ccccc2)c1-c1ccc2ccccc2c1. The summed E-state index contributed by atoms with van der Waals surface area (Å²) < 4.78 is 12.6. The lowest BCUT2D eigenvalue weighted by molar-refractivity contribution is 0.387. The average molecular weight is 436 g/mol. The van der Waals surface area contributed by atoms with Crippen LogP contribution in [0.4, 0.5) is 0 Å². The van der Waals surface area contributed by atoms with Crippen LogP contribution in [-0.4, -0.2) is 9.79 Å². The van der Waals surface area contributed by atoms with Crippen molar-refractivity contribution in [1.29, 1.82) is 0 Å². The van der Waals surface area contributed by atoms with Gasteiger partial charge in [-0.2, -0.15) is 0 Å². The van der Waals surface area contributed by atoms with Crippen molar-refractivity contribution in [3.63, 3.8) is 0 Å². The topological polar surface area (TPSA) is 57.5 Å². The van der Waals surface area contributed by atoms with Gasteiger partial charge in [-0.25, -0.2) is 0 Å². The fourth-order valence-corrected chi connectivity index (χ4v) is 5.04. The Balaban J connectivity index is 1.92. The van der Waals surface area contributed by atoms with Crippen molar-refractivity contribution in [1.82, 2.24) is 0 Å². The first-order valence-corrected chi connectivity index (χ1v) is 12.0. The highest BCUT2D eigenvalue weighted by atomic mass is 31.2. The normalized spacial score (nSPS) is 11.6. The van der Waals surface area contributed by atoms with Gasteiger partial charge in [0, 0.05) is 5.56 Å². The van der Waals surface area contributed by atoms with Crippen molar-refractivity contribution in [2.45, 2.75) is 0 Å². The first kappa shape index (κ1) is 20.4. The van der Waals surface area contributed by atoms with Gasteiger partial charge in [0.25, 0.3) is 0 Å². The summed E-state index contributed by atoms with van der Waals surface area (Å²) in [5.41, 5.74) is 4.98. The molecule has 156 valence electrons. The lowest BCUT2D eigenvalue weighted by Crippen LogP contribution is -2.10. The summed E-state index contributed by atoms with van der Waals surface area (Å²) in [4.78, 5) is 20.6. The molecule has 0 bridgehead atoms. The summed E-state index contributed by atoms with van der Waals surface area (Å²) in [6.07, 6.45) is 0. The molecule has 0 radical (unpaired) electrons. The van der Waals surface area contributed by atoms with Crippen LogP contribution in [0.1, 0.15) is 0 Å². The Bertz CT molecular complexity index is 1450.